The quantitative estimate of drug-likeness (QED) is 0.430. The van der Waals surface area contributed by atoms with Gasteiger partial charge in [0.15, 0.2) is 5.78 Å². The third-order valence-corrected chi connectivity index (χ3v) is 5.89. The van der Waals surface area contributed by atoms with E-state index in [-0.39, 0.29) is 11.6 Å². The topological polar surface area (TPSA) is 89.2 Å². The van der Waals surface area contributed by atoms with Crippen LogP contribution in [0.5, 0.6) is 0 Å². The molecule has 36 heavy (non-hydrogen) atoms. The highest BCUT2D eigenvalue weighted by molar-refractivity contribution is 5.97. The second-order valence-corrected chi connectivity index (χ2v) is 8.35. The fraction of sp³-hybridized carbons (Fsp3) is 0.370. The first-order valence-electron chi connectivity index (χ1n) is 12.0. The number of fused-ring (bicyclic) bond motifs is 1. The number of aryl methyl sites for hydroxylation is 1. The molecule has 1 saturated carbocycles. The van der Waals surface area contributed by atoms with Gasteiger partial charge in [-0.2, -0.15) is 0 Å². The molecule has 3 aromatic rings. The van der Waals surface area contributed by atoms with Crippen LogP contribution in [0.2, 0.25) is 0 Å². The van der Waals surface area contributed by atoms with Crippen molar-refractivity contribution in [3.05, 3.63) is 53.9 Å². The van der Waals surface area contributed by atoms with E-state index < -0.39 is 24.2 Å². The number of halogens is 2. The van der Waals surface area contributed by atoms with Crippen molar-refractivity contribution in [2.45, 2.75) is 52.9 Å². The standard InChI is InChI=1S/C25H25F2N5O2.C2H6/c1-5-7-21(33)19-8-14(3)17(13-29-19)16-9-15-12-30-22(31-24(34)18-11-25(18,26)27)10-20(15)32(6-2)23(16)28-4;1-2/h6,8-10,12-13,18H,2,5,7,11H2,1,3-4H3,(H,30,31,34);1-2H3. The lowest BCUT2D eigenvalue weighted by Gasteiger charge is -2.15. The van der Waals surface area contributed by atoms with E-state index in [4.69, 9.17) is 0 Å². The maximum absolute atomic E-state index is 13.2. The van der Waals surface area contributed by atoms with Crippen molar-refractivity contribution in [2.24, 2.45) is 10.9 Å². The first-order valence-corrected chi connectivity index (χ1v) is 12.0. The molecule has 9 heteroatoms. The normalized spacial score (nSPS) is 16.2. The first kappa shape index (κ1) is 26.8. The number of nitrogens with zero attached hydrogens (tertiary/aromatic N) is 4. The summed E-state index contributed by atoms with van der Waals surface area (Å²) in [7, 11) is 1.64. The van der Waals surface area contributed by atoms with Crippen molar-refractivity contribution in [1.29, 1.82) is 0 Å². The van der Waals surface area contributed by atoms with Crippen LogP contribution >= 0.6 is 0 Å². The Kier molecular flexibility index (Phi) is 8.12. The Hall–Kier alpha value is -3.75. The minimum Gasteiger partial charge on any atom is -0.310 e. The zero-order chi connectivity index (χ0) is 26.6. The molecule has 0 radical (unpaired) electrons. The molecule has 0 bridgehead atoms. The lowest BCUT2D eigenvalue weighted by Crippen LogP contribution is -2.21. The van der Waals surface area contributed by atoms with Crippen LogP contribution in [-0.4, -0.2) is 39.2 Å². The molecular weight excluding hydrogens is 464 g/mol. The zero-order valence-electron chi connectivity index (χ0n) is 21.2. The first-order chi connectivity index (χ1) is 17.2. The fourth-order valence-corrected chi connectivity index (χ4v) is 3.98. The molecule has 0 aliphatic heterocycles. The van der Waals surface area contributed by atoms with E-state index in [0.717, 1.165) is 28.5 Å². The molecule has 0 saturated heterocycles. The summed E-state index contributed by atoms with van der Waals surface area (Å²) in [6, 6.07) is 5.27. The van der Waals surface area contributed by atoms with Gasteiger partial charge >= 0.3 is 0 Å². The molecule has 1 amide bonds. The largest absolute Gasteiger partial charge is 0.310 e. The number of hydrogen-bond donors (Lipinski definition) is 1. The van der Waals surface area contributed by atoms with Crippen LogP contribution in [-0.2, 0) is 4.79 Å². The summed E-state index contributed by atoms with van der Waals surface area (Å²) in [5, 5.41) is 3.20. The lowest BCUT2D eigenvalue weighted by atomic mass is 10.0. The summed E-state index contributed by atoms with van der Waals surface area (Å²) in [5.41, 5.74) is 4.10. The van der Waals surface area contributed by atoms with Gasteiger partial charge in [0, 0.05) is 61.1 Å². The number of alkyl halides is 2. The van der Waals surface area contributed by atoms with Gasteiger partial charge in [-0.1, -0.05) is 27.4 Å². The number of hydrogen-bond acceptors (Lipinski definition) is 5. The van der Waals surface area contributed by atoms with Crippen LogP contribution in [0.1, 0.15) is 56.1 Å². The molecule has 4 rings (SSSR count). The molecule has 1 aliphatic carbocycles. The van der Waals surface area contributed by atoms with Crippen LogP contribution < -0.4 is 10.8 Å². The van der Waals surface area contributed by atoms with Gasteiger partial charge in [0.2, 0.25) is 5.91 Å². The minimum absolute atomic E-state index is 0.0000405. The zero-order valence-corrected chi connectivity index (χ0v) is 21.2. The highest BCUT2D eigenvalue weighted by Crippen LogP contribution is 2.49. The molecule has 7 nitrogen and oxygen atoms in total. The summed E-state index contributed by atoms with van der Waals surface area (Å²) in [6.07, 6.45) is 5.55. The third kappa shape index (κ3) is 5.24. The number of carbonyl (C=O) groups is 2. The average molecular weight is 496 g/mol. The lowest BCUT2D eigenvalue weighted by molar-refractivity contribution is -0.119. The van der Waals surface area contributed by atoms with Crippen molar-refractivity contribution in [2.75, 3.05) is 12.4 Å². The summed E-state index contributed by atoms with van der Waals surface area (Å²) >= 11 is 0. The molecule has 0 aromatic carbocycles. The average Bonchev–Trinajstić information content (AvgIpc) is 3.52. The Morgan fingerprint density at radius 3 is 2.47 bits per heavy atom. The number of aromatic nitrogens is 3. The number of anilines is 1. The predicted octanol–water partition coefficient (Wildman–Crippen LogP) is 5.64. The van der Waals surface area contributed by atoms with Crippen molar-refractivity contribution in [3.63, 3.8) is 0 Å². The summed E-state index contributed by atoms with van der Waals surface area (Å²) in [6.45, 7) is 11.7. The Balaban J connectivity index is 0.00000176. The van der Waals surface area contributed by atoms with Gasteiger partial charge < -0.3 is 9.88 Å². The van der Waals surface area contributed by atoms with Crippen molar-refractivity contribution >= 4 is 34.6 Å². The van der Waals surface area contributed by atoms with Gasteiger partial charge in [0.25, 0.3) is 5.92 Å². The number of Topliss-reactive ketones (excluding diaryl/α,β-unsaturated/α-hetero) is 1. The number of rotatable bonds is 7. The molecule has 3 heterocycles. The second kappa shape index (κ2) is 10.9. The molecule has 1 aliphatic rings. The second-order valence-electron chi connectivity index (χ2n) is 8.35. The molecule has 1 atom stereocenters. The maximum Gasteiger partial charge on any atom is 0.260 e. The van der Waals surface area contributed by atoms with E-state index in [2.05, 4.69) is 26.9 Å². The molecular formula is C27H31F2N5O2. The van der Waals surface area contributed by atoms with Crippen LogP contribution in [0, 0.1) is 12.8 Å². The van der Waals surface area contributed by atoms with E-state index in [1.807, 2.05) is 33.8 Å². The van der Waals surface area contributed by atoms with Crippen molar-refractivity contribution < 1.29 is 18.4 Å². The van der Waals surface area contributed by atoms with Gasteiger partial charge in [-0.25, -0.2) is 13.8 Å². The van der Waals surface area contributed by atoms with E-state index in [9.17, 15) is 18.4 Å². The number of ketones is 1. The van der Waals surface area contributed by atoms with Crippen molar-refractivity contribution in [3.8, 4) is 11.1 Å². The van der Waals surface area contributed by atoms with E-state index in [1.54, 1.807) is 42.3 Å². The fourth-order valence-electron chi connectivity index (χ4n) is 3.98. The van der Waals surface area contributed by atoms with Crippen LogP contribution in [0.4, 0.5) is 14.6 Å². The highest BCUT2D eigenvalue weighted by Gasteiger charge is 2.61. The summed E-state index contributed by atoms with van der Waals surface area (Å²) in [4.78, 5) is 37.4. The van der Waals surface area contributed by atoms with E-state index in [0.29, 0.717) is 23.1 Å². The van der Waals surface area contributed by atoms with Gasteiger partial charge in [0.1, 0.15) is 22.9 Å². The SMILES string of the molecule is C=Cn1c(=NC)c(-c2cnc(C(=O)CCC)cc2C)cc2cnc(NC(=O)C3CC3(F)F)cc21.CC. The number of nitrogens with one attached hydrogen (secondary N) is 1. The molecule has 3 aromatic heterocycles. The Morgan fingerprint density at radius 2 is 1.92 bits per heavy atom. The van der Waals surface area contributed by atoms with Gasteiger partial charge in [-0.05, 0) is 31.0 Å². The number of pyridine rings is 3. The molecule has 1 fully saturated rings. The van der Waals surface area contributed by atoms with Gasteiger partial charge in [-0.3, -0.25) is 19.6 Å². The molecule has 0 spiro atoms. The number of carbonyl (C=O) groups excluding carboxylic acids is 2. The predicted molar refractivity (Wildman–Crippen MR) is 138 cm³/mol. The molecule has 1 unspecified atom stereocenters. The Bertz CT molecular complexity index is 1390. The van der Waals surface area contributed by atoms with Crippen LogP contribution in [0.3, 0.4) is 0 Å². The highest BCUT2D eigenvalue weighted by atomic mass is 19.3. The molecule has 1 N–H and O–H groups in total. The van der Waals surface area contributed by atoms with Crippen molar-refractivity contribution in [1.82, 2.24) is 14.5 Å². The number of amides is 1. The maximum atomic E-state index is 13.2. The minimum atomic E-state index is -2.95. The smallest absolute Gasteiger partial charge is 0.260 e. The Morgan fingerprint density at radius 1 is 1.22 bits per heavy atom. The third-order valence-electron chi connectivity index (χ3n) is 5.89. The Labute approximate surface area is 209 Å². The van der Waals surface area contributed by atoms with E-state index >= 15 is 0 Å². The van der Waals surface area contributed by atoms with Crippen LogP contribution in [0.15, 0.2) is 42.2 Å². The summed E-state index contributed by atoms with van der Waals surface area (Å²) in [5.74, 6) is -4.85. The van der Waals surface area contributed by atoms with Crippen LogP contribution in [0.25, 0.3) is 28.2 Å². The van der Waals surface area contributed by atoms with Gasteiger partial charge in [-0.15, -0.1) is 0 Å². The van der Waals surface area contributed by atoms with Gasteiger partial charge in [0.05, 0.1) is 5.52 Å². The monoisotopic (exact) mass is 495 g/mol. The van der Waals surface area contributed by atoms with E-state index in [1.165, 1.54) is 0 Å². The summed E-state index contributed by atoms with van der Waals surface area (Å²) < 4.78 is 28.2. The molecule has 190 valence electrons.